The summed E-state index contributed by atoms with van der Waals surface area (Å²) in [6.07, 6.45) is 1.51. The largest absolute Gasteiger partial charge is 0.478 e. The minimum Gasteiger partial charge on any atom is -0.478 e. The van der Waals surface area contributed by atoms with Crippen LogP contribution in [0.2, 0.25) is 0 Å². The van der Waals surface area contributed by atoms with Crippen LogP contribution in [0.5, 0.6) is 0 Å². The SMILES string of the molecule is CC(CS(C)(=O)=O)NC(=O)CCc1ccccc1C(=O)O. The molecule has 1 amide bonds. The molecule has 2 N–H and O–H groups in total. The quantitative estimate of drug-likeness (QED) is 0.778. The van der Waals surface area contributed by atoms with Crippen LogP contribution >= 0.6 is 0 Å². The lowest BCUT2D eigenvalue weighted by molar-refractivity contribution is -0.121. The second-order valence-corrected chi connectivity index (χ2v) is 7.21. The number of sulfone groups is 1. The molecule has 0 aromatic heterocycles. The fraction of sp³-hybridized carbons (Fsp3) is 0.429. The van der Waals surface area contributed by atoms with Crippen molar-refractivity contribution in [2.45, 2.75) is 25.8 Å². The fourth-order valence-corrected chi connectivity index (χ4v) is 3.03. The zero-order valence-electron chi connectivity index (χ0n) is 12.0. The predicted octanol–water partition coefficient (Wildman–Crippen LogP) is 0.867. The second kappa shape index (κ2) is 7.21. The van der Waals surface area contributed by atoms with Crippen LogP contribution in [0, 0.1) is 0 Å². The number of benzene rings is 1. The topological polar surface area (TPSA) is 101 Å². The van der Waals surface area contributed by atoms with Gasteiger partial charge in [-0.2, -0.15) is 0 Å². The maximum Gasteiger partial charge on any atom is 0.335 e. The molecule has 0 aliphatic carbocycles. The molecule has 1 aromatic rings. The van der Waals surface area contributed by atoms with Gasteiger partial charge in [0.1, 0.15) is 9.84 Å². The molecule has 0 aliphatic heterocycles. The van der Waals surface area contributed by atoms with Crippen LogP contribution < -0.4 is 5.32 Å². The van der Waals surface area contributed by atoms with Crippen molar-refractivity contribution in [1.82, 2.24) is 5.32 Å². The standard InChI is InChI=1S/C14H19NO5S/c1-10(9-21(2,19)20)15-13(16)8-7-11-5-3-4-6-12(11)14(17)18/h3-6,10H,7-9H2,1-2H3,(H,15,16)(H,17,18). The Morgan fingerprint density at radius 2 is 1.90 bits per heavy atom. The van der Waals surface area contributed by atoms with Gasteiger partial charge < -0.3 is 10.4 Å². The van der Waals surface area contributed by atoms with E-state index in [-0.39, 0.29) is 23.6 Å². The second-order valence-electron chi connectivity index (χ2n) is 5.02. The number of nitrogens with one attached hydrogen (secondary N) is 1. The molecule has 0 heterocycles. The number of carboxylic acid groups (broad SMARTS) is 1. The maximum atomic E-state index is 11.7. The highest BCUT2D eigenvalue weighted by atomic mass is 32.2. The highest BCUT2D eigenvalue weighted by Crippen LogP contribution is 2.11. The summed E-state index contributed by atoms with van der Waals surface area (Å²) in [6, 6.07) is 6.02. The number of carbonyl (C=O) groups is 2. The van der Waals surface area contributed by atoms with Gasteiger partial charge >= 0.3 is 5.97 Å². The highest BCUT2D eigenvalue weighted by molar-refractivity contribution is 7.90. The van der Waals surface area contributed by atoms with Gasteiger partial charge in [-0.05, 0) is 25.0 Å². The van der Waals surface area contributed by atoms with Crippen molar-refractivity contribution < 1.29 is 23.1 Å². The number of hydrogen-bond donors (Lipinski definition) is 2. The van der Waals surface area contributed by atoms with Gasteiger partial charge in [-0.25, -0.2) is 13.2 Å². The molecule has 0 bridgehead atoms. The number of hydrogen-bond acceptors (Lipinski definition) is 4. The molecule has 0 saturated heterocycles. The third-order valence-corrected chi connectivity index (χ3v) is 3.93. The monoisotopic (exact) mass is 313 g/mol. The molecular formula is C14H19NO5S. The van der Waals surface area contributed by atoms with Gasteiger partial charge in [0.05, 0.1) is 11.3 Å². The number of aryl methyl sites for hydroxylation is 1. The lowest BCUT2D eigenvalue weighted by atomic mass is 10.0. The molecule has 21 heavy (non-hydrogen) atoms. The fourth-order valence-electron chi connectivity index (χ4n) is 2.04. The van der Waals surface area contributed by atoms with E-state index in [1.807, 2.05) is 0 Å². The molecule has 1 unspecified atom stereocenters. The lowest BCUT2D eigenvalue weighted by Crippen LogP contribution is -2.37. The van der Waals surface area contributed by atoms with Crippen molar-refractivity contribution in [3.8, 4) is 0 Å². The summed E-state index contributed by atoms with van der Waals surface area (Å²) in [7, 11) is -3.15. The van der Waals surface area contributed by atoms with Crippen LogP contribution in [0.15, 0.2) is 24.3 Å². The Labute approximate surface area is 124 Å². The van der Waals surface area contributed by atoms with Crippen LogP contribution in [0.4, 0.5) is 0 Å². The van der Waals surface area contributed by atoms with Crippen molar-refractivity contribution >= 4 is 21.7 Å². The van der Waals surface area contributed by atoms with Gasteiger partial charge in [-0.1, -0.05) is 18.2 Å². The first kappa shape index (κ1) is 17.2. The van der Waals surface area contributed by atoms with E-state index >= 15 is 0 Å². The van der Waals surface area contributed by atoms with Crippen LogP contribution in [-0.2, 0) is 21.1 Å². The highest BCUT2D eigenvalue weighted by Gasteiger charge is 2.14. The van der Waals surface area contributed by atoms with E-state index in [1.54, 1.807) is 25.1 Å². The normalized spacial score (nSPS) is 12.7. The predicted molar refractivity (Wildman–Crippen MR) is 79.0 cm³/mol. The number of rotatable bonds is 7. The average molecular weight is 313 g/mol. The Bertz CT molecular complexity index is 624. The molecule has 0 saturated carbocycles. The average Bonchev–Trinajstić information content (AvgIpc) is 2.34. The van der Waals surface area contributed by atoms with E-state index in [4.69, 9.17) is 5.11 Å². The first-order chi connectivity index (χ1) is 9.69. The van der Waals surface area contributed by atoms with Crippen molar-refractivity contribution in [1.29, 1.82) is 0 Å². The van der Waals surface area contributed by atoms with E-state index in [0.717, 1.165) is 6.26 Å². The third kappa shape index (κ3) is 6.40. The number of carboxylic acids is 1. The smallest absolute Gasteiger partial charge is 0.335 e. The number of carbonyl (C=O) groups excluding carboxylic acids is 1. The van der Waals surface area contributed by atoms with Crippen molar-refractivity contribution in [2.24, 2.45) is 0 Å². The van der Waals surface area contributed by atoms with Crippen LogP contribution in [0.1, 0.15) is 29.3 Å². The molecule has 7 heteroatoms. The van der Waals surface area contributed by atoms with E-state index < -0.39 is 21.8 Å². The molecule has 0 radical (unpaired) electrons. The maximum absolute atomic E-state index is 11.7. The summed E-state index contributed by atoms with van der Waals surface area (Å²) < 4.78 is 22.2. The van der Waals surface area contributed by atoms with Gasteiger partial charge in [0.2, 0.25) is 5.91 Å². The van der Waals surface area contributed by atoms with Crippen molar-refractivity contribution in [3.63, 3.8) is 0 Å². The lowest BCUT2D eigenvalue weighted by Gasteiger charge is -2.13. The summed E-state index contributed by atoms with van der Waals surface area (Å²) in [6.45, 7) is 1.62. The van der Waals surface area contributed by atoms with E-state index in [0.29, 0.717) is 12.0 Å². The molecule has 0 fully saturated rings. The molecule has 1 atom stereocenters. The summed E-state index contributed by atoms with van der Waals surface area (Å²) in [5.41, 5.74) is 0.755. The van der Waals surface area contributed by atoms with E-state index in [2.05, 4.69) is 5.32 Å². The molecule has 1 aromatic carbocycles. The third-order valence-electron chi connectivity index (χ3n) is 2.83. The minimum absolute atomic E-state index is 0.110. The first-order valence-corrected chi connectivity index (χ1v) is 8.53. The molecule has 0 spiro atoms. The van der Waals surface area contributed by atoms with E-state index in [1.165, 1.54) is 6.07 Å². The van der Waals surface area contributed by atoms with Gasteiger partial charge in [-0.15, -0.1) is 0 Å². The van der Waals surface area contributed by atoms with Crippen molar-refractivity contribution in [3.05, 3.63) is 35.4 Å². The van der Waals surface area contributed by atoms with Crippen LogP contribution in [0.25, 0.3) is 0 Å². The van der Waals surface area contributed by atoms with Crippen molar-refractivity contribution in [2.75, 3.05) is 12.0 Å². The van der Waals surface area contributed by atoms with Gasteiger partial charge in [0.15, 0.2) is 0 Å². The Morgan fingerprint density at radius 3 is 2.48 bits per heavy atom. The van der Waals surface area contributed by atoms with Gasteiger partial charge in [0, 0.05) is 18.7 Å². The van der Waals surface area contributed by atoms with Gasteiger partial charge in [0.25, 0.3) is 0 Å². The number of amides is 1. The Morgan fingerprint density at radius 1 is 1.29 bits per heavy atom. The minimum atomic E-state index is -3.15. The molecule has 6 nitrogen and oxygen atoms in total. The Balaban J connectivity index is 2.56. The first-order valence-electron chi connectivity index (χ1n) is 6.47. The van der Waals surface area contributed by atoms with Crippen LogP contribution in [0.3, 0.4) is 0 Å². The summed E-state index contributed by atoms with van der Waals surface area (Å²) >= 11 is 0. The van der Waals surface area contributed by atoms with Crippen LogP contribution in [-0.4, -0.2) is 43.5 Å². The molecule has 116 valence electrons. The molecule has 0 aliphatic rings. The van der Waals surface area contributed by atoms with E-state index in [9.17, 15) is 18.0 Å². The molecule has 1 rings (SSSR count). The zero-order chi connectivity index (χ0) is 16.0. The number of aromatic carboxylic acids is 1. The summed E-state index contributed by atoms with van der Waals surface area (Å²) in [5.74, 6) is -1.45. The van der Waals surface area contributed by atoms with Gasteiger partial charge in [-0.3, -0.25) is 4.79 Å². The Hall–Kier alpha value is -1.89. The summed E-state index contributed by atoms with van der Waals surface area (Å²) in [4.78, 5) is 22.8. The zero-order valence-corrected chi connectivity index (χ0v) is 12.8. The molecular weight excluding hydrogens is 294 g/mol. The Kier molecular flexibility index (Phi) is 5.90. The summed E-state index contributed by atoms with van der Waals surface area (Å²) in [5, 5.41) is 11.6.